The van der Waals surface area contributed by atoms with Crippen LogP contribution in [0.1, 0.15) is 36.7 Å². The molecule has 108 valence electrons. The average Bonchev–Trinajstić information content (AvgIpc) is 2.40. The highest BCUT2D eigenvalue weighted by atomic mass is 16.1. The first-order chi connectivity index (χ1) is 9.99. The molecule has 0 bridgehead atoms. The van der Waals surface area contributed by atoms with Crippen LogP contribution in [0.5, 0.6) is 0 Å². The van der Waals surface area contributed by atoms with Gasteiger partial charge in [0, 0.05) is 6.42 Å². The number of aromatic nitrogens is 2. The molecule has 1 atom stereocenters. The lowest BCUT2D eigenvalue weighted by Gasteiger charge is -2.25. The van der Waals surface area contributed by atoms with Crippen molar-refractivity contribution in [1.82, 2.24) is 9.55 Å². The molecule has 1 aromatic heterocycles. The molecule has 2 aromatic rings. The molecule has 4 nitrogen and oxygen atoms in total. The molecule has 3 rings (SSSR count). The summed E-state index contributed by atoms with van der Waals surface area (Å²) in [6, 6.07) is 5.23. The minimum atomic E-state index is -0.403. The number of allylic oxidation sites excluding steroid dienone is 1. The Morgan fingerprint density at radius 2 is 2.05 bits per heavy atom. The van der Waals surface area contributed by atoms with E-state index in [1.54, 1.807) is 11.5 Å². The molecule has 1 aliphatic rings. The number of Topliss-reactive ketones (excluding diaryl/α,β-unsaturated/α-hetero) is 1. The van der Waals surface area contributed by atoms with Crippen LogP contribution >= 0.6 is 0 Å². The molecule has 0 saturated heterocycles. The molecule has 0 N–H and O–H groups in total. The number of benzene rings is 1. The second kappa shape index (κ2) is 4.95. The van der Waals surface area contributed by atoms with Crippen LogP contribution in [0.4, 0.5) is 0 Å². The third-order valence-electron chi connectivity index (χ3n) is 4.19. The summed E-state index contributed by atoms with van der Waals surface area (Å²) in [5.74, 6) is 0.662. The summed E-state index contributed by atoms with van der Waals surface area (Å²) in [5, 5.41) is 0.611. The fourth-order valence-corrected chi connectivity index (χ4v) is 3.11. The van der Waals surface area contributed by atoms with Crippen LogP contribution in [0.25, 0.3) is 10.9 Å². The lowest BCUT2D eigenvalue weighted by molar-refractivity contribution is -0.122. The van der Waals surface area contributed by atoms with E-state index >= 15 is 0 Å². The lowest BCUT2D eigenvalue weighted by atomic mass is 9.90. The maximum absolute atomic E-state index is 12.8. The van der Waals surface area contributed by atoms with Crippen LogP contribution in [0.15, 0.2) is 35.1 Å². The Morgan fingerprint density at radius 1 is 1.29 bits per heavy atom. The number of fused-ring (bicyclic) bond motifs is 1. The monoisotopic (exact) mass is 282 g/mol. The van der Waals surface area contributed by atoms with E-state index in [1.165, 1.54) is 0 Å². The Bertz CT molecular complexity index is 817. The van der Waals surface area contributed by atoms with Gasteiger partial charge in [0.05, 0.1) is 16.9 Å². The Balaban J connectivity index is 2.24. The van der Waals surface area contributed by atoms with E-state index in [1.807, 2.05) is 25.1 Å². The van der Waals surface area contributed by atoms with Gasteiger partial charge >= 0.3 is 0 Å². The number of hydrogen-bond acceptors (Lipinski definition) is 3. The van der Waals surface area contributed by atoms with Crippen molar-refractivity contribution in [2.24, 2.45) is 0 Å². The predicted octanol–water partition coefficient (Wildman–Crippen LogP) is 2.86. The van der Waals surface area contributed by atoms with Gasteiger partial charge < -0.3 is 0 Å². The zero-order valence-corrected chi connectivity index (χ0v) is 12.3. The zero-order valence-electron chi connectivity index (χ0n) is 12.3. The van der Waals surface area contributed by atoms with Crippen LogP contribution < -0.4 is 5.56 Å². The Kier molecular flexibility index (Phi) is 3.24. The smallest absolute Gasteiger partial charge is 0.262 e. The molecule has 0 radical (unpaired) electrons. The molecule has 1 aliphatic carbocycles. The van der Waals surface area contributed by atoms with Crippen LogP contribution in [0, 0.1) is 13.8 Å². The molecular weight excluding hydrogens is 264 g/mol. The third kappa shape index (κ3) is 2.20. The number of carbonyl (C=O) groups is 1. The Hall–Kier alpha value is -2.23. The van der Waals surface area contributed by atoms with Gasteiger partial charge in [-0.15, -0.1) is 0 Å². The van der Waals surface area contributed by atoms with Crippen molar-refractivity contribution in [2.45, 2.75) is 39.2 Å². The van der Waals surface area contributed by atoms with Crippen LogP contribution in [-0.2, 0) is 4.79 Å². The van der Waals surface area contributed by atoms with Gasteiger partial charge in [0.25, 0.3) is 5.56 Å². The topological polar surface area (TPSA) is 52.0 Å². The third-order valence-corrected chi connectivity index (χ3v) is 4.19. The van der Waals surface area contributed by atoms with Gasteiger partial charge in [-0.2, -0.15) is 0 Å². The van der Waals surface area contributed by atoms with Gasteiger partial charge in [-0.1, -0.05) is 24.3 Å². The number of carbonyl (C=O) groups excluding carboxylic acids is 1. The van der Waals surface area contributed by atoms with Crippen molar-refractivity contribution in [3.05, 3.63) is 52.1 Å². The second-order valence-electron chi connectivity index (χ2n) is 5.75. The molecule has 21 heavy (non-hydrogen) atoms. The maximum atomic E-state index is 12.8. The standard InChI is InChI=1S/C17H18N2O2/c1-10-7-8-14(15(20)9-10)19-12(3)18-13-6-4-5-11(2)16(13)17(19)21/h4-6,14H,1,7-9H2,2-3H3/t14-/m1/s1. The van der Waals surface area contributed by atoms with E-state index in [2.05, 4.69) is 11.6 Å². The van der Waals surface area contributed by atoms with Gasteiger partial charge in [-0.3, -0.25) is 14.2 Å². The maximum Gasteiger partial charge on any atom is 0.262 e. The van der Waals surface area contributed by atoms with Crippen LogP contribution in [0.2, 0.25) is 0 Å². The SMILES string of the molecule is C=C1CC[C@@H](n2c(C)nc3cccc(C)c3c2=O)C(=O)C1. The fourth-order valence-electron chi connectivity index (χ4n) is 3.11. The molecule has 0 unspecified atom stereocenters. The van der Waals surface area contributed by atoms with E-state index in [9.17, 15) is 9.59 Å². The lowest BCUT2D eigenvalue weighted by Crippen LogP contribution is -2.34. The molecule has 1 aromatic carbocycles. The Labute approximate surface area is 123 Å². The van der Waals surface area contributed by atoms with Crippen molar-refractivity contribution >= 4 is 16.7 Å². The summed E-state index contributed by atoms with van der Waals surface area (Å²) >= 11 is 0. The summed E-state index contributed by atoms with van der Waals surface area (Å²) < 4.78 is 1.57. The molecule has 1 saturated carbocycles. The fraction of sp³-hybridized carbons (Fsp3) is 0.353. The van der Waals surface area contributed by atoms with Gasteiger partial charge in [0.15, 0.2) is 5.78 Å². The summed E-state index contributed by atoms with van der Waals surface area (Å²) in [4.78, 5) is 29.6. The molecule has 0 amide bonds. The molecule has 0 spiro atoms. The largest absolute Gasteiger partial charge is 0.297 e. The normalized spacial score (nSPS) is 19.2. The predicted molar refractivity (Wildman–Crippen MR) is 82.5 cm³/mol. The quantitative estimate of drug-likeness (QED) is 0.756. The van der Waals surface area contributed by atoms with E-state index in [0.29, 0.717) is 29.6 Å². The molecule has 4 heteroatoms. The van der Waals surface area contributed by atoms with Gasteiger partial charge in [-0.25, -0.2) is 4.98 Å². The van der Waals surface area contributed by atoms with E-state index in [0.717, 1.165) is 17.6 Å². The van der Waals surface area contributed by atoms with Crippen molar-refractivity contribution in [3.8, 4) is 0 Å². The number of nitrogens with zero attached hydrogens (tertiary/aromatic N) is 2. The van der Waals surface area contributed by atoms with Crippen molar-refractivity contribution in [2.75, 3.05) is 0 Å². The average molecular weight is 282 g/mol. The van der Waals surface area contributed by atoms with Crippen LogP contribution in [-0.4, -0.2) is 15.3 Å². The molecule has 0 aliphatic heterocycles. The molecular formula is C17H18N2O2. The Morgan fingerprint density at radius 3 is 2.76 bits per heavy atom. The van der Waals surface area contributed by atoms with Crippen molar-refractivity contribution in [3.63, 3.8) is 0 Å². The van der Waals surface area contributed by atoms with Gasteiger partial charge in [0.2, 0.25) is 0 Å². The summed E-state index contributed by atoms with van der Waals surface area (Å²) in [6.07, 6.45) is 1.79. The first-order valence-electron chi connectivity index (χ1n) is 7.17. The summed E-state index contributed by atoms with van der Waals surface area (Å²) in [7, 11) is 0. The summed E-state index contributed by atoms with van der Waals surface area (Å²) in [6.45, 7) is 7.57. The van der Waals surface area contributed by atoms with E-state index < -0.39 is 6.04 Å². The summed E-state index contributed by atoms with van der Waals surface area (Å²) in [5.41, 5.74) is 2.43. The van der Waals surface area contributed by atoms with Crippen molar-refractivity contribution in [1.29, 1.82) is 0 Å². The number of rotatable bonds is 1. The molecule has 1 heterocycles. The van der Waals surface area contributed by atoms with Gasteiger partial charge in [-0.05, 0) is 38.3 Å². The number of aryl methyl sites for hydroxylation is 2. The number of hydrogen-bond donors (Lipinski definition) is 0. The van der Waals surface area contributed by atoms with Crippen LogP contribution in [0.3, 0.4) is 0 Å². The second-order valence-corrected chi connectivity index (χ2v) is 5.75. The van der Waals surface area contributed by atoms with Gasteiger partial charge in [0.1, 0.15) is 5.82 Å². The minimum absolute atomic E-state index is 0.0613. The van der Waals surface area contributed by atoms with E-state index in [-0.39, 0.29) is 11.3 Å². The van der Waals surface area contributed by atoms with Crippen molar-refractivity contribution < 1.29 is 4.79 Å². The highest BCUT2D eigenvalue weighted by Gasteiger charge is 2.28. The molecule has 1 fully saturated rings. The minimum Gasteiger partial charge on any atom is -0.297 e. The zero-order chi connectivity index (χ0) is 15.1. The highest BCUT2D eigenvalue weighted by molar-refractivity contribution is 5.87. The van der Waals surface area contributed by atoms with E-state index in [4.69, 9.17) is 0 Å². The first-order valence-corrected chi connectivity index (χ1v) is 7.17. The number of ketones is 1. The highest BCUT2D eigenvalue weighted by Crippen LogP contribution is 2.28. The first kappa shape index (κ1) is 13.7.